The first kappa shape index (κ1) is 11.5. The van der Waals surface area contributed by atoms with Gasteiger partial charge >= 0.3 is 6.18 Å². The van der Waals surface area contributed by atoms with Crippen LogP contribution in [0, 0.1) is 0 Å². The standard InChI is InChI=1S/C12H12F3N3/c13-12(14,15)11-17-9-5-7(6-16)1-4-10(9)18(11)8-2-3-8/h1,4-5,8H,2-3,6,16H2. The molecular formula is C12H12F3N3. The van der Waals surface area contributed by atoms with E-state index in [2.05, 4.69) is 4.98 Å². The molecule has 1 aromatic carbocycles. The fourth-order valence-corrected chi connectivity index (χ4v) is 2.17. The van der Waals surface area contributed by atoms with Gasteiger partial charge in [-0.3, -0.25) is 0 Å². The molecule has 2 aromatic rings. The first-order valence-electron chi connectivity index (χ1n) is 5.79. The Balaban J connectivity index is 2.25. The highest BCUT2D eigenvalue weighted by Crippen LogP contribution is 2.42. The monoisotopic (exact) mass is 255 g/mol. The number of nitrogens with two attached hydrogens (primary N) is 1. The summed E-state index contributed by atoms with van der Waals surface area (Å²) in [6.45, 7) is 0.299. The second-order valence-corrected chi connectivity index (χ2v) is 4.56. The van der Waals surface area contributed by atoms with E-state index < -0.39 is 12.0 Å². The average molecular weight is 255 g/mol. The van der Waals surface area contributed by atoms with Gasteiger partial charge in [-0.25, -0.2) is 4.98 Å². The largest absolute Gasteiger partial charge is 0.449 e. The molecule has 0 atom stereocenters. The van der Waals surface area contributed by atoms with E-state index in [9.17, 15) is 13.2 Å². The van der Waals surface area contributed by atoms with Gasteiger partial charge in [-0.05, 0) is 30.5 Å². The number of nitrogens with zero attached hydrogens (tertiary/aromatic N) is 2. The van der Waals surface area contributed by atoms with Crippen LogP contribution in [-0.4, -0.2) is 9.55 Å². The molecule has 0 spiro atoms. The number of rotatable bonds is 2. The highest BCUT2D eigenvalue weighted by Gasteiger charge is 2.41. The summed E-state index contributed by atoms with van der Waals surface area (Å²) in [6, 6.07) is 5.00. The van der Waals surface area contributed by atoms with Crippen LogP contribution in [0.1, 0.15) is 30.3 Å². The Kier molecular flexibility index (Phi) is 2.38. The molecule has 1 aliphatic carbocycles. The van der Waals surface area contributed by atoms with E-state index in [1.54, 1.807) is 18.2 Å². The zero-order chi connectivity index (χ0) is 12.9. The van der Waals surface area contributed by atoms with Crippen molar-refractivity contribution in [1.29, 1.82) is 0 Å². The molecule has 0 amide bonds. The predicted octanol–water partition coefficient (Wildman–Crippen LogP) is 2.85. The van der Waals surface area contributed by atoms with Crippen molar-refractivity contribution in [1.82, 2.24) is 9.55 Å². The molecule has 3 nitrogen and oxygen atoms in total. The van der Waals surface area contributed by atoms with Gasteiger partial charge in [0.1, 0.15) is 0 Å². The van der Waals surface area contributed by atoms with Crippen molar-refractivity contribution in [2.24, 2.45) is 5.73 Å². The Labute approximate surface area is 101 Å². The van der Waals surface area contributed by atoms with E-state index in [0.717, 1.165) is 18.4 Å². The minimum atomic E-state index is -4.41. The van der Waals surface area contributed by atoms with E-state index in [1.807, 2.05) is 0 Å². The van der Waals surface area contributed by atoms with Gasteiger partial charge in [0.2, 0.25) is 5.82 Å². The fourth-order valence-electron chi connectivity index (χ4n) is 2.17. The Morgan fingerprint density at radius 3 is 2.61 bits per heavy atom. The number of benzene rings is 1. The number of fused-ring (bicyclic) bond motifs is 1. The number of aromatic nitrogens is 2. The SMILES string of the molecule is NCc1ccc2c(c1)nc(C(F)(F)F)n2C1CC1. The minimum absolute atomic E-state index is 0.0599. The molecule has 1 aromatic heterocycles. The Hall–Kier alpha value is -1.56. The maximum Gasteiger partial charge on any atom is 0.449 e. The minimum Gasteiger partial charge on any atom is -0.326 e. The fraction of sp³-hybridized carbons (Fsp3) is 0.417. The lowest BCUT2D eigenvalue weighted by Crippen LogP contribution is -2.14. The molecule has 0 saturated heterocycles. The number of imidazole rings is 1. The summed E-state index contributed by atoms with van der Waals surface area (Å²) in [5.41, 5.74) is 7.19. The van der Waals surface area contributed by atoms with Gasteiger partial charge in [0.25, 0.3) is 0 Å². The van der Waals surface area contributed by atoms with E-state index >= 15 is 0 Å². The third-order valence-electron chi connectivity index (χ3n) is 3.16. The topological polar surface area (TPSA) is 43.8 Å². The second kappa shape index (κ2) is 3.71. The molecule has 0 unspecified atom stereocenters. The summed E-state index contributed by atoms with van der Waals surface area (Å²) in [5.74, 6) is -0.797. The van der Waals surface area contributed by atoms with Crippen LogP contribution in [0.15, 0.2) is 18.2 Å². The lowest BCUT2D eigenvalue weighted by Gasteiger charge is -2.09. The molecule has 0 aliphatic heterocycles. The summed E-state index contributed by atoms with van der Waals surface area (Å²) >= 11 is 0. The Morgan fingerprint density at radius 2 is 2.06 bits per heavy atom. The third kappa shape index (κ3) is 1.77. The molecule has 1 heterocycles. The van der Waals surface area contributed by atoms with Crippen LogP contribution in [-0.2, 0) is 12.7 Å². The number of halogens is 3. The van der Waals surface area contributed by atoms with Crippen LogP contribution in [0.4, 0.5) is 13.2 Å². The van der Waals surface area contributed by atoms with Crippen molar-refractivity contribution >= 4 is 11.0 Å². The Morgan fingerprint density at radius 1 is 1.33 bits per heavy atom. The molecule has 18 heavy (non-hydrogen) atoms. The quantitative estimate of drug-likeness (QED) is 0.896. The van der Waals surface area contributed by atoms with Gasteiger partial charge in [-0.2, -0.15) is 13.2 Å². The average Bonchev–Trinajstić information content (AvgIpc) is 3.07. The lowest BCUT2D eigenvalue weighted by atomic mass is 10.2. The maximum absolute atomic E-state index is 12.9. The van der Waals surface area contributed by atoms with Crippen molar-refractivity contribution in [3.05, 3.63) is 29.6 Å². The molecule has 0 bridgehead atoms. The highest BCUT2D eigenvalue weighted by molar-refractivity contribution is 5.77. The number of hydrogen-bond donors (Lipinski definition) is 1. The van der Waals surface area contributed by atoms with E-state index in [4.69, 9.17) is 5.73 Å². The van der Waals surface area contributed by atoms with Crippen LogP contribution in [0.25, 0.3) is 11.0 Å². The molecule has 6 heteroatoms. The third-order valence-corrected chi connectivity index (χ3v) is 3.16. The van der Waals surface area contributed by atoms with Gasteiger partial charge in [-0.1, -0.05) is 6.07 Å². The van der Waals surface area contributed by atoms with E-state index in [-0.39, 0.29) is 6.04 Å². The Bertz CT molecular complexity index is 596. The molecular weight excluding hydrogens is 243 g/mol. The van der Waals surface area contributed by atoms with Crippen LogP contribution >= 0.6 is 0 Å². The second-order valence-electron chi connectivity index (χ2n) is 4.56. The van der Waals surface area contributed by atoms with Crippen molar-refractivity contribution in [3.63, 3.8) is 0 Å². The molecule has 1 saturated carbocycles. The molecule has 1 aliphatic rings. The summed E-state index contributed by atoms with van der Waals surface area (Å²) in [5, 5.41) is 0. The first-order valence-corrected chi connectivity index (χ1v) is 5.79. The van der Waals surface area contributed by atoms with Crippen LogP contribution < -0.4 is 5.73 Å². The van der Waals surface area contributed by atoms with Gasteiger partial charge < -0.3 is 10.3 Å². The summed E-state index contributed by atoms with van der Waals surface area (Å²) in [4.78, 5) is 3.74. The molecule has 1 fully saturated rings. The van der Waals surface area contributed by atoms with Crippen molar-refractivity contribution < 1.29 is 13.2 Å². The van der Waals surface area contributed by atoms with Gasteiger partial charge in [0.05, 0.1) is 11.0 Å². The van der Waals surface area contributed by atoms with Crippen LogP contribution in [0.3, 0.4) is 0 Å². The summed E-state index contributed by atoms with van der Waals surface area (Å²) < 4.78 is 40.2. The van der Waals surface area contributed by atoms with Gasteiger partial charge in [-0.15, -0.1) is 0 Å². The summed E-state index contributed by atoms with van der Waals surface area (Å²) in [6.07, 6.45) is -2.84. The van der Waals surface area contributed by atoms with Crippen molar-refractivity contribution in [3.8, 4) is 0 Å². The normalized spacial score (nSPS) is 16.4. The molecule has 96 valence electrons. The van der Waals surface area contributed by atoms with Crippen LogP contribution in [0.5, 0.6) is 0 Å². The smallest absolute Gasteiger partial charge is 0.326 e. The molecule has 2 N–H and O–H groups in total. The number of hydrogen-bond acceptors (Lipinski definition) is 2. The van der Waals surface area contributed by atoms with Crippen molar-refractivity contribution in [2.75, 3.05) is 0 Å². The van der Waals surface area contributed by atoms with Gasteiger partial charge in [0, 0.05) is 12.6 Å². The first-order chi connectivity index (χ1) is 8.50. The predicted molar refractivity (Wildman–Crippen MR) is 60.9 cm³/mol. The lowest BCUT2D eigenvalue weighted by molar-refractivity contribution is -0.147. The van der Waals surface area contributed by atoms with Gasteiger partial charge in [0.15, 0.2) is 0 Å². The maximum atomic E-state index is 12.9. The van der Waals surface area contributed by atoms with E-state index in [1.165, 1.54) is 4.57 Å². The zero-order valence-corrected chi connectivity index (χ0v) is 9.54. The molecule has 3 rings (SSSR count). The highest BCUT2D eigenvalue weighted by atomic mass is 19.4. The van der Waals surface area contributed by atoms with Crippen molar-refractivity contribution in [2.45, 2.75) is 31.6 Å². The molecule has 0 radical (unpaired) electrons. The van der Waals surface area contributed by atoms with E-state index in [0.29, 0.717) is 17.6 Å². The summed E-state index contributed by atoms with van der Waals surface area (Å²) in [7, 11) is 0. The van der Waals surface area contributed by atoms with Crippen LogP contribution in [0.2, 0.25) is 0 Å². The zero-order valence-electron chi connectivity index (χ0n) is 9.54. The number of alkyl halides is 3.